The maximum atomic E-state index is 12.2. The van der Waals surface area contributed by atoms with Gasteiger partial charge < -0.3 is 26.0 Å². The Balaban J connectivity index is 1.89. The number of carbonyl (C=O) groups excluding carboxylic acids is 2. The Bertz CT molecular complexity index is 767. The first-order valence-corrected chi connectivity index (χ1v) is 8.96. The Morgan fingerprint density at radius 1 is 1.44 bits per heavy atom. The van der Waals surface area contributed by atoms with E-state index in [1.165, 1.54) is 12.3 Å². The summed E-state index contributed by atoms with van der Waals surface area (Å²) in [6.07, 6.45) is 2.48. The zero-order chi connectivity index (χ0) is 19.8. The van der Waals surface area contributed by atoms with Gasteiger partial charge in [0.05, 0.1) is 17.3 Å². The number of nitriles is 1. The van der Waals surface area contributed by atoms with Crippen molar-refractivity contribution in [1.82, 2.24) is 10.2 Å². The number of carbonyl (C=O) groups is 2. The molecular formula is C18H22ClN5O3. The van der Waals surface area contributed by atoms with Gasteiger partial charge >= 0.3 is 6.09 Å². The van der Waals surface area contributed by atoms with Crippen LogP contribution in [0.1, 0.15) is 19.8 Å². The molecule has 0 spiro atoms. The number of anilines is 2. The number of nitrogens with zero attached hydrogens (tertiary/aromatic N) is 2. The van der Waals surface area contributed by atoms with E-state index in [-0.39, 0.29) is 17.7 Å². The quantitative estimate of drug-likeness (QED) is 0.403. The minimum absolute atomic E-state index is 0.0595. The molecule has 2 amide bonds. The molecule has 0 atom stereocenters. The molecule has 0 saturated carbocycles. The van der Waals surface area contributed by atoms with E-state index in [2.05, 4.69) is 10.6 Å². The van der Waals surface area contributed by atoms with Gasteiger partial charge in [-0.25, -0.2) is 4.79 Å². The summed E-state index contributed by atoms with van der Waals surface area (Å²) in [5.41, 5.74) is 6.42. The minimum atomic E-state index is -0.546. The Morgan fingerprint density at radius 2 is 2.15 bits per heavy atom. The zero-order valence-corrected chi connectivity index (χ0v) is 15.8. The highest BCUT2D eigenvalue weighted by Gasteiger charge is 2.23. The second kappa shape index (κ2) is 9.69. The molecule has 2 rings (SSSR count). The van der Waals surface area contributed by atoms with Crippen molar-refractivity contribution in [3.63, 3.8) is 0 Å². The van der Waals surface area contributed by atoms with E-state index in [0.29, 0.717) is 48.9 Å². The smallest absolute Gasteiger partial charge is 0.409 e. The third-order valence-electron chi connectivity index (χ3n) is 4.11. The van der Waals surface area contributed by atoms with Gasteiger partial charge in [-0.15, -0.1) is 0 Å². The number of nitrogens with one attached hydrogen (secondary N) is 2. The summed E-state index contributed by atoms with van der Waals surface area (Å²) in [4.78, 5) is 25.6. The molecule has 27 heavy (non-hydrogen) atoms. The van der Waals surface area contributed by atoms with Crippen LogP contribution in [0.15, 0.2) is 30.0 Å². The lowest BCUT2D eigenvalue weighted by Gasteiger charge is -2.31. The van der Waals surface area contributed by atoms with Gasteiger partial charge in [0.15, 0.2) is 0 Å². The number of hydrogen-bond donors (Lipinski definition) is 3. The lowest BCUT2D eigenvalue weighted by Crippen LogP contribution is -2.44. The maximum Gasteiger partial charge on any atom is 0.409 e. The van der Waals surface area contributed by atoms with Crippen LogP contribution in [0.5, 0.6) is 0 Å². The first-order chi connectivity index (χ1) is 12.9. The average Bonchev–Trinajstić information content (AvgIpc) is 2.66. The zero-order valence-electron chi connectivity index (χ0n) is 15.0. The van der Waals surface area contributed by atoms with E-state index < -0.39 is 5.91 Å². The summed E-state index contributed by atoms with van der Waals surface area (Å²) in [7, 11) is 0. The molecule has 0 unspecified atom stereocenters. The molecule has 1 aliphatic heterocycles. The fraction of sp³-hybridized carbons (Fsp3) is 0.389. The van der Waals surface area contributed by atoms with Crippen molar-refractivity contribution < 1.29 is 14.3 Å². The van der Waals surface area contributed by atoms with Gasteiger partial charge in [-0.2, -0.15) is 5.26 Å². The van der Waals surface area contributed by atoms with E-state index in [4.69, 9.17) is 22.1 Å². The van der Waals surface area contributed by atoms with Crippen LogP contribution in [0, 0.1) is 11.3 Å². The fourth-order valence-corrected chi connectivity index (χ4v) is 2.78. The topological polar surface area (TPSA) is 120 Å². The number of amides is 2. The molecule has 1 fully saturated rings. The number of ether oxygens (including phenoxy) is 1. The second-order valence-electron chi connectivity index (χ2n) is 5.99. The third kappa shape index (κ3) is 5.79. The molecule has 8 nitrogen and oxygen atoms in total. The van der Waals surface area contributed by atoms with Gasteiger partial charge in [-0.3, -0.25) is 4.79 Å². The summed E-state index contributed by atoms with van der Waals surface area (Å²) in [5, 5.41) is 15.2. The molecule has 0 aliphatic carbocycles. The number of benzene rings is 1. The van der Waals surface area contributed by atoms with Crippen molar-refractivity contribution in [2.75, 3.05) is 30.7 Å². The van der Waals surface area contributed by atoms with Gasteiger partial charge in [-0.05, 0) is 38.0 Å². The molecule has 1 heterocycles. The van der Waals surface area contributed by atoms with Gasteiger partial charge in [0.1, 0.15) is 11.6 Å². The van der Waals surface area contributed by atoms with Gasteiger partial charge in [-0.1, -0.05) is 11.6 Å². The number of nitrogens with two attached hydrogens (primary N) is 1. The fourth-order valence-electron chi connectivity index (χ4n) is 2.60. The van der Waals surface area contributed by atoms with Crippen LogP contribution in [0.3, 0.4) is 0 Å². The van der Waals surface area contributed by atoms with Crippen LogP contribution in [-0.2, 0) is 9.53 Å². The van der Waals surface area contributed by atoms with E-state index in [9.17, 15) is 14.9 Å². The molecule has 144 valence electrons. The monoisotopic (exact) mass is 391 g/mol. The summed E-state index contributed by atoms with van der Waals surface area (Å²) in [5.74, 6) is -0.546. The molecule has 0 aromatic heterocycles. The number of likely N-dealkylation sites (tertiary alicyclic amines) is 1. The van der Waals surface area contributed by atoms with Gasteiger partial charge in [0.2, 0.25) is 0 Å². The van der Waals surface area contributed by atoms with Crippen LogP contribution < -0.4 is 16.4 Å². The summed E-state index contributed by atoms with van der Waals surface area (Å²) >= 11 is 5.92. The Hall–Kier alpha value is -2.92. The minimum Gasteiger partial charge on any atom is -0.450 e. The van der Waals surface area contributed by atoms with Crippen molar-refractivity contribution in [3.8, 4) is 6.07 Å². The van der Waals surface area contributed by atoms with Crippen LogP contribution >= 0.6 is 11.6 Å². The molecule has 0 radical (unpaired) electrons. The number of rotatable bonds is 5. The SMILES string of the molecule is CCOC(=O)N1CCC(N/C=C(/C#N)C(=O)Nc2ccc(N)c(Cl)c2)CC1. The molecule has 0 bridgehead atoms. The van der Waals surface area contributed by atoms with Crippen LogP contribution in [0.4, 0.5) is 16.2 Å². The predicted molar refractivity (Wildman–Crippen MR) is 103 cm³/mol. The highest BCUT2D eigenvalue weighted by atomic mass is 35.5. The summed E-state index contributed by atoms with van der Waals surface area (Å²) < 4.78 is 4.98. The number of hydrogen-bond acceptors (Lipinski definition) is 6. The van der Waals surface area contributed by atoms with Gasteiger partial charge in [0, 0.05) is 31.0 Å². The Kier molecular flexibility index (Phi) is 7.32. The highest BCUT2D eigenvalue weighted by molar-refractivity contribution is 6.33. The van der Waals surface area contributed by atoms with Gasteiger partial charge in [0.25, 0.3) is 5.91 Å². The normalized spacial score (nSPS) is 15.0. The molecule has 4 N–H and O–H groups in total. The van der Waals surface area contributed by atoms with Crippen LogP contribution in [0.2, 0.25) is 5.02 Å². The van der Waals surface area contributed by atoms with Crippen molar-refractivity contribution in [2.45, 2.75) is 25.8 Å². The third-order valence-corrected chi connectivity index (χ3v) is 4.44. The van der Waals surface area contributed by atoms with Crippen molar-refractivity contribution in [2.24, 2.45) is 0 Å². The van der Waals surface area contributed by atoms with Crippen molar-refractivity contribution in [1.29, 1.82) is 5.26 Å². The van der Waals surface area contributed by atoms with E-state index >= 15 is 0 Å². The largest absolute Gasteiger partial charge is 0.450 e. The van der Waals surface area contributed by atoms with Crippen LogP contribution in [-0.4, -0.2) is 42.6 Å². The summed E-state index contributed by atoms with van der Waals surface area (Å²) in [6.45, 7) is 3.23. The van der Waals surface area contributed by atoms with E-state index in [1.54, 1.807) is 24.0 Å². The Labute approximate surface area is 162 Å². The average molecular weight is 392 g/mol. The standard InChI is InChI=1S/C18H22ClN5O3/c1-2-27-18(26)24-7-5-13(6-8-24)22-11-12(10-20)17(25)23-14-3-4-16(21)15(19)9-14/h3-4,9,11,13,22H,2,5-8,21H2,1H3,(H,23,25)/b12-11-. The van der Waals surface area contributed by atoms with Crippen molar-refractivity contribution >= 4 is 35.0 Å². The van der Waals surface area contributed by atoms with E-state index in [1.807, 2.05) is 6.07 Å². The second-order valence-corrected chi connectivity index (χ2v) is 6.39. The molecule has 1 aromatic carbocycles. The number of nitrogen functional groups attached to an aromatic ring is 1. The molecular weight excluding hydrogens is 370 g/mol. The Morgan fingerprint density at radius 3 is 2.74 bits per heavy atom. The first-order valence-electron chi connectivity index (χ1n) is 8.59. The molecule has 1 saturated heterocycles. The van der Waals surface area contributed by atoms with E-state index in [0.717, 1.165) is 0 Å². The lowest BCUT2D eigenvalue weighted by atomic mass is 10.1. The molecule has 1 aromatic rings. The highest BCUT2D eigenvalue weighted by Crippen LogP contribution is 2.22. The molecule has 1 aliphatic rings. The first kappa shape index (κ1) is 20.4. The number of piperidine rings is 1. The number of halogens is 1. The summed E-state index contributed by atoms with van der Waals surface area (Å²) in [6, 6.07) is 6.64. The predicted octanol–water partition coefficient (Wildman–Crippen LogP) is 2.48. The molecule has 9 heteroatoms. The maximum absolute atomic E-state index is 12.2. The van der Waals surface area contributed by atoms with Crippen LogP contribution in [0.25, 0.3) is 0 Å². The lowest BCUT2D eigenvalue weighted by molar-refractivity contribution is -0.112. The van der Waals surface area contributed by atoms with Crippen molar-refractivity contribution in [3.05, 3.63) is 35.0 Å².